The van der Waals surface area contributed by atoms with Gasteiger partial charge in [-0.05, 0) is 43.5 Å². The minimum Gasteiger partial charge on any atom is -0.396 e. The van der Waals surface area contributed by atoms with Gasteiger partial charge in [-0.2, -0.15) is 0 Å². The largest absolute Gasteiger partial charge is 0.396 e. The van der Waals surface area contributed by atoms with Crippen LogP contribution in [0.2, 0.25) is 5.02 Å². The molecule has 0 spiro atoms. The van der Waals surface area contributed by atoms with E-state index in [1.54, 1.807) is 7.05 Å². The molecule has 0 aromatic heterocycles. The molecule has 2 atom stereocenters. The van der Waals surface area contributed by atoms with Gasteiger partial charge in [-0.25, -0.2) is 0 Å². The van der Waals surface area contributed by atoms with Gasteiger partial charge in [0.05, 0.1) is 12.5 Å². The Bertz CT molecular complexity index is 470. The second-order valence-electron chi connectivity index (χ2n) is 5.80. The van der Waals surface area contributed by atoms with Crippen molar-refractivity contribution in [3.8, 4) is 0 Å². The summed E-state index contributed by atoms with van der Waals surface area (Å²) in [4.78, 5) is 12.2. The van der Waals surface area contributed by atoms with Crippen LogP contribution in [0.1, 0.15) is 18.4 Å². The molecule has 1 unspecified atom stereocenters. The number of halogens is 1. The van der Waals surface area contributed by atoms with Crippen LogP contribution in [0.5, 0.6) is 0 Å². The minimum atomic E-state index is -0.397. The fourth-order valence-electron chi connectivity index (χ4n) is 3.30. The lowest BCUT2D eigenvalue weighted by Gasteiger charge is -2.42. The van der Waals surface area contributed by atoms with Crippen molar-refractivity contribution >= 4 is 17.5 Å². The monoisotopic (exact) mass is 310 g/mol. The smallest absolute Gasteiger partial charge is 0.225 e. The highest BCUT2D eigenvalue weighted by molar-refractivity contribution is 6.30. The van der Waals surface area contributed by atoms with Gasteiger partial charge < -0.3 is 15.7 Å². The molecular formula is C16H23ClN2O2. The molecule has 3 N–H and O–H groups in total. The van der Waals surface area contributed by atoms with Crippen molar-refractivity contribution in [2.24, 2.45) is 11.3 Å². The molecule has 1 saturated heterocycles. The Labute approximate surface area is 130 Å². The van der Waals surface area contributed by atoms with Gasteiger partial charge in [0, 0.05) is 24.0 Å². The molecule has 1 heterocycles. The molecule has 1 fully saturated rings. The van der Waals surface area contributed by atoms with Crippen LogP contribution in [-0.4, -0.2) is 37.8 Å². The quantitative estimate of drug-likeness (QED) is 0.774. The molecule has 1 aromatic rings. The third-order valence-corrected chi connectivity index (χ3v) is 4.71. The Morgan fingerprint density at radius 1 is 1.48 bits per heavy atom. The molecule has 2 rings (SSSR count). The lowest BCUT2D eigenvalue weighted by molar-refractivity contribution is -0.131. The van der Waals surface area contributed by atoms with Gasteiger partial charge in [0.15, 0.2) is 0 Å². The van der Waals surface area contributed by atoms with Crippen molar-refractivity contribution in [3.05, 3.63) is 34.9 Å². The van der Waals surface area contributed by atoms with E-state index in [4.69, 9.17) is 11.6 Å². The molecular weight excluding hydrogens is 288 g/mol. The van der Waals surface area contributed by atoms with E-state index in [1.807, 2.05) is 24.3 Å². The van der Waals surface area contributed by atoms with Gasteiger partial charge in [-0.1, -0.05) is 23.7 Å². The maximum Gasteiger partial charge on any atom is 0.225 e. The minimum absolute atomic E-state index is 0.0878. The van der Waals surface area contributed by atoms with Crippen LogP contribution in [0.4, 0.5) is 0 Å². The summed E-state index contributed by atoms with van der Waals surface area (Å²) in [7, 11) is 1.62. The second kappa shape index (κ2) is 7.25. The van der Waals surface area contributed by atoms with E-state index >= 15 is 0 Å². The molecule has 0 saturated carbocycles. The highest BCUT2D eigenvalue weighted by Crippen LogP contribution is 2.38. The number of aliphatic hydroxyl groups excluding tert-OH is 1. The van der Waals surface area contributed by atoms with Crippen molar-refractivity contribution in [2.45, 2.75) is 19.3 Å². The summed E-state index contributed by atoms with van der Waals surface area (Å²) in [5, 5.41) is 16.5. The average Bonchev–Trinajstić information content (AvgIpc) is 2.51. The molecule has 1 aliphatic rings. The Morgan fingerprint density at radius 3 is 2.71 bits per heavy atom. The summed E-state index contributed by atoms with van der Waals surface area (Å²) < 4.78 is 0. The fraction of sp³-hybridized carbons (Fsp3) is 0.562. The third kappa shape index (κ3) is 3.76. The number of rotatable bonds is 5. The highest BCUT2D eigenvalue weighted by atomic mass is 35.5. The second-order valence-corrected chi connectivity index (χ2v) is 6.23. The standard InChI is InChI=1S/C16H23ClN2O2/c1-18-15(21)14(10-20)16(7-2-8-19-11-16)9-12-3-5-13(17)6-4-12/h3-6,14,19-20H,2,7-11H2,1H3,(H,18,21)/t14?,16-/m0/s1. The van der Waals surface area contributed by atoms with Gasteiger partial charge in [-0.3, -0.25) is 4.79 Å². The number of piperidine rings is 1. The number of nitrogens with one attached hydrogen (secondary N) is 2. The Balaban J connectivity index is 2.27. The van der Waals surface area contributed by atoms with Gasteiger partial charge in [-0.15, -0.1) is 0 Å². The van der Waals surface area contributed by atoms with Gasteiger partial charge in [0.2, 0.25) is 5.91 Å². The number of carbonyl (C=O) groups excluding carboxylic acids is 1. The van der Waals surface area contributed by atoms with Crippen molar-refractivity contribution in [1.29, 1.82) is 0 Å². The molecule has 0 bridgehead atoms. The number of aliphatic hydroxyl groups is 1. The number of hydrogen-bond donors (Lipinski definition) is 3. The maximum atomic E-state index is 12.2. The summed E-state index contributed by atoms with van der Waals surface area (Å²) >= 11 is 5.94. The summed E-state index contributed by atoms with van der Waals surface area (Å²) in [6.07, 6.45) is 2.71. The lowest BCUT2D eigenvalue weighted by atomic mass is 9.66. The first-order chi connectivity index (χ1) is 10.1. The molecule has 116 valence electrons. The van der Waals surface area contributed by atoms with Gasteiger partial charge in [0.1, 0.15) is 0 Å². The zero-order valence-electron chi connectivity index (χ0n) is 12.4. The van der Waals surface area contributed by atoms with E-state index in [0.717, 1.165) is 37.9 Å². The van der Waals surface area contributed by atoms with Crippen molar-refractivity contribution in [3.63, 3.8) is 0 Å². The zero-order valence-corrected chi connectivity index (χ0v) is 13.1. The Hall–Kier alpha value is -1.10. The van der Waals surface area contributed by atoms with Crippen LogP contribution in [0.25, 0.3) is 0 Å². The normalized spacial score (nSPS) is 23.6. The average molecular weight is 311 g/mol. The number of amides is 1. The summed E-state index contributed by atoms with van der Waals surface area (Å²) in [5.41, 5.74) is 0.895. The van der Waals surface area contributed by atoms with E-state index < -0.39 is 5.92 Å². The number of hydrogen-bond acceptors (Lipinski definition) is 3. The van der Waals surface area contributed by atoms with Gasteiger partial charge >= 0.3 is 0 Å². The van der Waals surface area contributed by atoms with E-state index in [1.165, 1.54) is 0 Å². The van der Waals surface area contributed by atoms with E-state index in [-0.39, 0.29) is 17.9 Å². The zero-order chi connectivity index (χ0) is 15.3. The molecule has 0 radical (unpaired) electrons. The number of benzene rings is 1. The van der Waals surface area contributed by atoms with E-state index in [0.29, 0.717) is 5.02 Å². The SMILES string of the molecule is CNC(=O)C(CO)[C@]1(Cc2ccc(Cl)cc2)CCCNC1. The van der Waals surface area contributed by atoms with Crippen LogP contribution >= 0.6 is 11.6 Å². The third-order valence-electron chi connectivity index (χ3n) is 4.46. The fourth-order valence-corrected chi connectivity index (χ4v) is 3.43. The van der Waals surface area contributed by atoms with Crippen LogP contribution < -0.4 is 10.6 Å². The molecule has 1 aliphatic heterocycles. The lowest BCUT2D eigenvalue weighted by Crippen LogP contribution is -2.52. The van der Waals surface area contributed by atoms with E-state index in [9.17, 15) is 9.90 Å². The van der Waals surface area contributed by atoms with Crippen molar-refractivity contribution < 1.29 is 9.90 Å². The van der Waals surface area contributed by atoms with E-state index in [2.05, 4.69) is 10.6 Å². The Kier molecular flexibility index (Phi) is 5.62. The summed E-state index contributed by atoms with van der Waals surface area (Å²) in [6, 6.07) is 7.73. The molecule has 4 nitrogen and oxygen atoms in total. The summed E-state index contributed by atoms with van der Waals surface area (Å²) in [5.74, 6) is -0.485. The first-order valence-electron chi connectivity index (χ1n) is 7.39. The molecule has 1 aromatic carbocycles. The molecule has 5 heteroatoms. The Morgan fingerprint density at radius 2 is 2.19 bits per heavy atom. The predicted molar refractivity (Wildman–Crippen MR) is 84.3 cm³/mol. The first-order valence-corrected chi connectivity index (χ1v) is 7.77. The van der Waals surface area contributed by atoms with Crippen LogP contribution in [0.15, 0.2) is 24.3 Å². The first kappa shape index (κ1) is 16.3. The molecule has 0 aliphatic carbocycles. The highest BCUT2D eigenvalue weighted by Gasteiger charge is 2.43. The topological polar surface area (TPSA) is 61.4 Å². The van der Waals surface area contributed by atoms with Crippen molar-refractivity contribution in [1.82, 2.24) is 10.6 Å². The van der Waals surface area contributed by atoms with Crippen LogP contribution in [0, 0.1) is 11.3 Å². The predicted octanol–water partition coefficient (Wildman–Crippen LogP) is 1.61. The maximum absolute atomic E-state index is 12.2. The molecule has 21 heavy (non-hydrogen) atoms. The number of carbonyl (C=O) groups is 1. The van der Waals surface area contributed by atoms with Gasteiger partial charge in [0.25, 0.3) is 0 Å². The molecule has 1 amide bonds. The van der Waals surface area contributed by atoms with Crippen molar-refractivity contribution in [2.75, 3.05) is 26.7 Å². The van der Waals surface area contributed by atoms with Crippen LogP contribution in [0.3, 0.4) is 0 Å². The summed E-state index contributed by atoms with van der Waals surface area (Å²) in [6.45, 7) is 1.58. The van der Waals surface area contributed by atoms with Crippen LogP contribution in [-0.2, 0) is 11.2 Å².